The highest BCUT2D eigenvalue weighted by atomic mass is 35.5. The zero-order chi connectivity index (χ0) is 14.0. The minimum absolute atomic E-state index is 0.0552. The first-order chi connectivity index (χ1) is 8.97. The van der Waals surface area contributed by atoms with Gasteiger partial charge in [0, 0.05) is 16.6 Å². The van der Waals surface area contributed by atoms with E-state index in [9.17, 15) is 4.79 Å². The molecule has 100 valence electrons. The fourth-order valence-corrected chi connectivity index (χ4v) is 1.60. The summed E-state index contributed by atoms with van der Waals surface area (Å²) in [4.78, 5) is 11.9. The molecule has 0 bridgehead atoms. The van der Waals surface area contributed by atoms with E-state index in [1.54, 1.807) is 12.1 Å². The molecule has 0 aliphatic rings. The van der Waals surface area contributed by atoms with Crippen LogP contribution in [-0.4, -0.2) is 16.1 Å². The first-order valence-electron chi connectivity index (χ1n) is 5.88. The van der Waals surface area contributed by atoms with Crippen molar-refractivity contribution < 1.29 is 9.21 Å². The Hall–Kier alpha value is -1.88. The van der Waals surface area contributed by atoms with Crippen molar-refractivity contribution in [1.82, 2.24) is 10.2 Å². The number of hydrogen-bond donors (Lipinski definition) is 1. The lowest BCUT2D eigenvalue weighted by Crippen LogP contribution is -2.12. The lowest BCUT2D eigenvalue weighted by Gasteiger charge is -2.04. The molecule has 0 aliphatic carbocycles. The van der Waals surface area contributed by atoms with Crippen LogP contribution in [0.2, 0.25) is 5.02 Å². The highest BCUT2D eigenvalue weighted by Gasteiger charge is 2.16. The summed E-state index contributed by atoms with van der Waals surface area (Å²) >= 11 is 5.99. The summed E-state index contributed by atoms with van der Waals surface area (Å²) in [7, 11) is 0. The van der Waals surface area contributed by atoms with Gasteiger partial charge >= 0.3 is 11.8 Å². The Morgan fingerprint density at radius 1 is 1.37 bits per heavy atom. The normalized spacial score (nSPS) is 10.8. The van der Waals surface area contributed by atoms with Crippen molar-refractivity contribution in [1.29, 1.82) is 0 Å². The largest absolute Gasteiger partial charge is 0.417 e. The summed E-state index contributed by atoms with van der Waals surface area (Å²) in [6, 6.07) is 5.26. The molecule has 0 aliphatic heterocycles. The fourth-order valence-electron chi connectivity index (χ4n) is 1.41. The maximum Gasteiger partial charge on any atom is 0.313 e. The van der Waals surface area contributed by atoms with Gasteiger partial charge in [-0.05, 0) is 24.6 Å². The highest BCUT2D eigenvalue weighted by Crippen LogP contribution is 2.20. The average molecular weight is 280 g/mol. The van der Waals surface area contributed by atoms with E-state index in [0.29, 0.717) is 16.6 Å². The Morgan fingerprint density at radius 3 is 2.68 bits per heavy atom. The molecule has 0 radical (unpaired) electrons. The van der Waals surface area contributed by atoms with Gasteiger partial charge in [-0.15, -0.1) is 10.2 Å². The van der Waals surface area contributed by atoms with Gasteiger partial charge in [0.2, 0.25) is 5.89 Å². The van der Waals surface area contributed by atoms with Crippen LogP contribution in [0.15, 0.2) is 22.6 Å². The van der Waals surface area contributed by atoms with Crippen LogP contribution in [0.1, 0.15) is 41.9 Å². The van der Waals surface area contributed by atoms with Crippen LogP contribution in [-0.2, 0) is 0 Å². The maximum atomic E-state index is 11.9. The molecule has 5 nitrogen and oxygen atoms in total. The lowest BCUT2D eigenvalue weighted by molar-refractivity contribution is 0.0988. The SMILES string of the molecule is Cc1ccc(NC(=O)c2nnc(C(C)C)o2)cc1Cl. The van der Waals surface area contributed by atoms with Gasteiger partial charge in [-0.2, -0.15) is 0 Å². The molecule has 1 aromatic heterocycles. The number of aryl methyl sites for hydroxylation is 1. The second-order valence-electron chi connectivity index (χ2n) is 4.52. The molecule has 0 spiro atoms. The summed E-state index contributed by atoms with van der Waals surface area (Å²) < 4.78 is 5.27. The second-order valence-corrected chi connectivity index (χ2v) is 4.93. The molecule has 6 heteroatoms. The number of carbonyl (C=O) groups excluding carboxylic acids is 1. The summed E-state index contributed by atoms with van der Waals surface area (Å²) in [5.41, 5.74) is 1.53. The Bertz CT molecular complexity index is 608. The van der Waals surface area contributed by atoms with Crippen molar-refractivity contribution in [3.8, 4) is 0 Å². The highest BCUT2D eigenvalue weighted by molar-refractivity contribution is 6.31. The van der Waals surface area contributed by atoms with E-state index in [1.807, 2.05) is 26.8 Å². The number of amides is 1. The molecular weight excluding hydrogens is 266 g/mol. The quantitative estimate of drug-likeness (QED) is 0.935. The van der Waals surface area contributed by atoms with E-state index in [2.05, 4.69) is 15.5 Å². The summed E-state index contributed by atoms with van der Waals surface area (Å²) in [6.45, 7) is 5.71. The molecule has 0 unspecified atom stereocenters. The van der Waals surface area contributed by atoms with Crippen molar-refractivity contribution in [3.63, 3.8) is 0 Å². The number of carbonyl (C=O) groups is 1. The third kappa shape index (κ3) is 3.12. The van der Waals surface area contributed by atoms with Crippen molar-refractivity contribution >= 4 is 23.2 Å². The number of hydrogen-bond acceptors (Lipinski definition) is 4. The van der Waals surface area contributed by atoms with Crippen LogP contribution < -0.4 is 5.32 Å². The third-order valence-electron chi connectivity index (χ3n) is 2.56. The molecular formula is C13H14ClN3O2. The van der Waals surface area contributed by atoms with Gasteiger partial charge in [0.1, 0.15) is 0 Å². The van der Waals surface area contributed by atoms with E-state index in [4.69, 9.17) is 16.0 Å². The predicted octanol–water partition coefficient (Wildman–Crippen LogP) is 3.41. The van der Waals surface area contributed by atoms with Gasteiger partial charge in [-0.1, -0.05) is 31.5 Å². The molecule has 1 aromatic carbocycles. The maximum absolute atomic E-state index is 11.9. The molecule has 2 rings (SSSR count). The molecule has 2 aromatic rings. The van der Waals surface area contributed by atoms with Crippen LogP contribution in [0.3, 0.4) is 0 Å². The number of rotatable bonds is 3. The van der Waals surface area contributed by atoms with Gasteiger partial charge in [0.15, 0.2) is 0 Å². The summed E-state index contributed by atoms with van der Waals surface area (Å²) in [6.07, 6.45) is 0. The van der Waals surface area contributed by atoms with Gasteiger partial charge in [0.25, 0.3) is 0 Å². The Balaban J connectivity index is 2.13. The van der Waals surface area contributed by atoms with E-state index in [0.717, 1.165) is 5.56 Å². The van der Waals surface area contributed by atoms with Crippen LogP contribution in [0, 0.1) is 6.92 Å². The van der Waals surface area contributed by atoms with Crippen LogP contribution in [0.25, 0.3) is 0 Å². The van der Waals surface area contributed by atoms with Crippen LogP contribution in [0.5, 0.6) is 0 Å². The minimum atomic E-state index is -0.445. The number of aromatic nitrogens is 2. The molecule has 0 saturated carbocycles. The van der Waals surface area contributed by atoms with Crippen molar-refractivity contribution in [2.24, 2.45) is 0 Å². The standard InChI is InChI=1S/C13H14ClN3O2/c1-7(2)12-16-17-13(19-12)11(18)15-9-5-4-8(3)10(14)6-9/h4-7H,1-3H3,(H,15,18). The molecule has 0 atom stereocenters. The van der Waals surface area contributed by atoms with Gasteiger partial charge in [0.05, 0.1) is 0 Å². The van der Waals surface area contributed by atoms with Gasteiger partial charge < -0.3 is 9.73 Å². The monoisotopic (exact) mass is 279 g/mol. The number of halogens is 1. The summed E-state index contributed by atoms with van der Waals surface area (Å²) in [5.74, 6) is 0.0228. The molecule has 19 heavy (non-hydrogen) atoms. The Kier molecular flexibility index (Phi) is 3.85. The van der Waals surface area contributed by atoms with E-state index < -0.39 is 5.91 Å². The number of nitrogens with zero attached hydrogens (tertiary/aromatic N) is 2. The Morgan fingerprint density at radius 2 is 2.11 bits per heavy atom. The lowest BCUT2D eigenvalue weighted by atomic mass is 10.2. The Labute approximate surface area is 116 Å². The zero-order valence-electron chi connectivity index (χ0n) is 10.9. The van der Waals surface area contributed by atoms with Crippen molar-refractivity contribution in [3.05, 3.63) is 40.6 Å². The fraction of sp³-hybridized carbons (Fsp3) is 0.308. The average Bonchev–Trinajstić information content (AvgIpc) is 2.83. The van der Waals surface area contributed by atoms with E-state index in [-0.39, 0.29) is 11.8 Å². The number of anilines is 1. The molecule has 1 N–H and O–H groups in total. The smallest absolute Gasteiger partial charge is 0.313 e. The predicted molar refractivity (Wildman–Crippen MR) is 72.5 cm³/mol. The van der Waals surface area contributed by atoms with Crippen molar-refractivity contribution in [2.45, 2.75) is 26.7 Å². The van der Waals surface area contributed by atoms with Gasteiger partial charge in [-0.25, -0.2) is 0 Å². The molecule has 1 heterocycles. The first-order valence-corrected chi connectivity index (χ1v) is 6.26. The molecule has 1 amide bonds. The third-order valence-corrected chi connectivity index (χ3v) is 2.97. The van der Waals surface area contributed by atoms with E-state index in [1.165, 1.54) is 0 Å². The number of benzene rings is 1. The first kappa shape index (κ1) is 13.5. The number of nitrogens with one attached hydrogen (secondary N) is 1. The van der Waals surface area contributed by atoms with Gasteiger partial charge in [-0.3, -0.25) is 4.79 Å². The molecule has 0 fully saturated rings. The summed E-state index contributed by atoms with van der Waals surface area (Å²) in [5, 5.41) is 10.8. The molecule has 0 saturated heterocycles. The van der Waals surface area contributed by atoms with Crippen LogP contribution >= 0.6 is 11.6 Å². The second kappa shape index (κ2) is 5.40. The zero-order valence-corrected chi connectivity index (χ0v) is 11.7. The van der Waals surface area contributed by atoms with E-state index >= 15 is 0 Å². The minimum Gasteiger partial charge on any atom is -0.417 e. The topological polar surface area (TPSA) is 68.0 Å². The van der Waals surface area contributed by atoms with Crippen LogP contribution in [0.4, 0.5) is 5.69 Å². The van der Waals surface area contributed by atoms with Crippen molar-refractivity contribution in [2.75, 3.05) is 5.32 Å².